The second kappa shape index (κ2) is 9.50. The maximum atomic E-state index is 5.92. The molecule has 0 saturated heterocycles. The Morgan fingerprint density at radius 3 is 2.65 bits per heavy atom. The van der Waals surface area contributed by atoms with Gasteiger partial charge in [-0.05, 0) is 31.9 Å². The number of ether oxygens (including phenoxy) is 1. The van der Waals surface area contributed by atoms with Crippen LogP contribution in [0.1, 0.15) is 20.3 Å². The molecule has 0 fully saturated rings. The maximum Gasteiger partial charge on any atom is 0.231 e. The molecule has 0 aliphatic carbocycles. The van der Waals surface area contributed by atoms with Gasteiger partial charge < -0.3 is 15.0 Å². The second-order valence-electron chi connectivity index (χ2n) is 4.02. The fourth-order valence-corrected chi connectivity index (χ4v) is 1.73. The van der Waals surface area contributed by atoms with Crippen LogP contribution in [0.3, 0.4) is 0 Å². The number of nitrogens with zero attached hydrogens (tertiary/aromatic N) is 4. The molecule has 1 N–H and O–H groups in total. The molecule has 0 aliphatic rings. The summed E-state index contributed by atoms with van der Waals surface area (Å²) in [5, 5.41) is 3.27. The molecule has 1 aromatic rings. The molecule has 0 atom stereocenters. The van der Waals surface area contributed by atoms with Gasteiger partial charge in [0.1, 0.15) is 0 Å². The van der Waals surface area contributed by atoms with Gasteiger partial charge in [-0.1, -0.05) is 6.08 Å². The van der Waals surface area contributed by atoms with Crippen molar-refractivity contribution in [1.29, 1.82) is 0 Å². The average Bonchev–Trinajstić information content (AvgIpc) is 2.43. The molecule has 6 nitrogen and oxygen atoms in total. The predicted octanol–water partition coefficient (Wildman–Crippen LogP) is 2.38. The van der Waals surface area contributed by atoms with Gasteiger partial charge in [0.2, 0.25) is 17.2 Å². The molecule has 0 unspecified atom stereocenters. The molecular weight excluding hydrogens is 278 g/mol. The number of hydrogen-bond acceptors (Lipinski definition) is 6. The highest BCUT2D eigenvalue weighted by Gasteiger charge is 2.09. The van der Waals surface area contributed by atoms with Gasteiger partial charge in [0.25, 0.3) is 0 Å². The number of nitrogens with one attached hydrogen (secondary N) is 1. The van der Waals surface area contributed by atoms with Crippen LogP contribution in [0.25, 0.3) is 0 Å². The highest BCUT2D eigenvalue weighted by Crippen LogP contribution is 2.13. The third kappa shape index (κ3) is 5.71. The third-order valence-corrected chi connectivity index (χ3v) is 2.81. The van der Waals surface area contributed by atoms with Crippen molar-refractivity contribution in [2.24, 2.45) is 0 Å². The summed E-state index contributed by atoms with van der Waals surface area (Å²) in [5.41, 5.74) is 0. The van der Waals surface area contributed by atoms with E-state index in [0.717, 1.165) is 19.5 Å². The second-order valence-corrected chi connectivity index (χ2v) is 4.35. The number of aromatic nitrogens is 3. The summed E-state index contributed by atoms with van der Waals surface area (Å²) in [6.45, 7) is 11.2. The summed E-state index contributed by atoms with van der Waals surface area (Å²) in [4.78, 5) is 14.5. The van der Waals surface area contributed by atoms with Gasteiger partial charge in [0.05, 0.1) is 13.2 Å². The summed E-state index contributed by atoms with van der Waals surface area (Å²) in [6.07, 6.45) is 2.68. The van der Waals surface area contributed by atoms with Gasteiger partial charge >= 0.3 is 0 Å². The molecule has 20 heavy (non-hydrogen) atoms. The van der Waals surface area contributed by atoms with Crippen LogP contribution in [-0.4, -0.2) is 47.8 Å². The first kappa shape index (κ1) is 16.7. The lowest BCUT2D eigenvalue weighted by Crippen LogP contribution is -2.25. The van der Waals surface area contributed by atoms with Gasteiger partial charge in [-0.2, -0.15) is 15.0 Å². The van der Waals surface area contributed by atoms with E-state index >= 15 is 0 Å². The average molecular weight is 300 g/mol. The van der Waals surface area contributed by atoms with E-state index in [-0.39, 0.29) is 5.28 Å². The highest BCUT2D eigenvalue weighted by atomic mass is 35.5. The van der Waals surface area contributed by atoms with Gasteiger partial charge in [0, 0.05) is 19.6 Å². The van der Waals surface area contributed by atoms with Crippen LogP contribution in [0.5, 0.6) is 0 Å². The van der Waals surface area contributed by atoms with Crippen molar-refractivity contribution >= 4 is 23.5 Å². The number of anilines is 2. The molecule has 1 aromatic heterocycles. The van der Waals surface area contributed by atoms with E-state index in [9.17, 15) is 0 Å². The number of hydrogen-bond donors (Lipinski definition) is 1. The number of halogens is 1. The lowest BCUT2D eigenvalue weighted by molar-refractivity contribution is 0.149. The minimum Gasteiger partial charge on any atom is -0.379 e. The quantitative estimate of drug-likeness (QED) is 0.529. The van der Waals surface area contributed by atoms with Crippen LogP contribution in [0.4, 0.5) is 11.9 Å². The Hall–Kier alpha value is -1.40. The van der Waals surface area contributed by atoms with Crippen LogP contribution < -0.4 is 10.2 Å². The van der Waals surface area contributed by atoms with E-state index in [0.29, 0.717) is 31.7 Å². The van der Waals surface area contributed by atoms with Gasteiger partial charge in [-0.25, -0.2) is 0 Å². The maximum absolute atomic E-state index is 5.92. The monoisotopic (exact) mass is 299 g/mol. The van der Waals surface area contributed by atoms with E-state index in [1.165, 1.54) is 0 Å². The van der Waals surface area contributed by atoms with Gasteiger partial charge in [-0.15, -0.1) is 6.58 Å². The zero-order chi connectivity index (χ0) is 14.8. The topological polar surface area (TPSA) is 63.2 Å². The molecule has 0 bridgehead atoms. The molecule has 1 heterocycles. The van der Waals surface area contributed by atoms with Crippen molar-refractivity contribution in [1.82, 2.24) is 15.0 Å². The van der Waals surface area contributed by atoms with E-state index in [1.54, 1.807) is 0 Å². The fourth-order valence-electron chi connectivity index (χ4n) is 1.57. The van der Waals surface area contributed by atoms with Crippen LogP contribution in [0.2, 0.25) is 5.28 Å². The molecule has 0 radical (unpaired) electrons. The first-order chi connectivity index (χ1) is 9.71. The molecule has 7 heteroatoms. The van der Waals surface area contributed by atoms with Crippen molar-refractivity contribution in [3.05, 3.63) is 17.9 Å². The largest absolute Gasteiger partial charge is 0.379 e. The summed E-state index contributed by atoms with van der Waals surface area (Å²) < 4.78 is 5.40. The highest BCUT2D eigenvalue weighted by molar-refractivity contribution is 6.28. The summed E-state index contributed by atoms with van der Waals surface area (Å²) in [6, 6.07) is 0. The van der Waals surface area contributed by atoms with E-state index in [2.05, 4.69) is 26.8 Å². The van der Waals surface area contributed by atoms with Crippen LogP contribution >= 0.6 is 11.6 Å². The zero-order valence-electron chi connectivity index (χ0n) is 12.1. The SMILES string of the molecule is C=CCCOCCNc1nc(Cl)nc(N(CC)CC)n1. The lowest BCUT2D eigenvalue weighted by atomic mass is 10.4. The molecule has 0 aromatic carbocycles. The van der Waals surface area contributed by atoms with Crippen molar-refractivity contribution in [3.63, 3.8) is 0 Å². The van der Waals surface area contributed by atoms with Crippen molar-refractivity contribution < 1.29 is 4.74 Å². The van der Waals surface area contributed by atoms with Crippen LogP contribution in [0, 0.1) is 0 Å². The van der Waals surface area contributed by atoms with E-state index in [1.807, 2.05) is 24.8 Å². The van der Waals surface area contributed by atoms with Gasteiger partial charge in [0.15, 0.2) is 0 Å². The van der Waals surface area contributed by atoms with Crippen molar-refractivity contribution in [2.45, 2.75) is 20.3 Å². The smallest absolute Gasteiger partial charge is 0.231 e. The Kier molecular flexibility index (Phi) is 7.91. The Morgan fingerprint density at radius 2 is 2.00 bits per heavy atom. The summed E-state index contributed by atoms with van der Waals surface area (Å²) in [5.74, 6) is 1.06. The molecule has 0 spiro atoms. The molecule has 0 amide bonds. The first-order valence-electron chi connectivity index (χ1n) is 6.80. The van der Waals surface area contributed by atoms with Crippen LogP contribution in [0.15, 0.2) is 12.7 Å². The Balaban J connectivity index is 2.51. The van der Waals surface area contributed by atoms with E-state index in [4.69, 9.17) is 16.3 Å². The number of rotatable bonds is 10. The Morgan fingerprint density at radius 1 is 1.25 bits per heavy atom. The predicted molar refractivity (Wildman–Crippen MR) is 82.5 cm³/mol. The minimum atomic E-state index is 0.192. The molecule has 0 aliphatic heterocycles. The molecule has 112 valence electrons. The van der Waals surface area contributed by atoms with Gasteiger partial charge in [-0.3, -0.25) is 0 Å². The molecule has 0 saturated carbocycles. The first-order valence-corrected chi connectivity index (χ1v) is 7.18. The minimum absolute atomic E-state index is 0.192. The van der Waals surface area contributed by atoms with Crippen LogP contribution in [-0.2, 0) is 4.74 Å². The van der Waals surface area contributed by atoms with E-state index < -0.39 is 0 Å². The lowest BCUT2D eigenvalue weighted by Gasteiger charge is -2.18. The molecule has 1 rings (SSSR count). The fraction of sp³-hybridized carbons (Fsp3) is 0.615. The normalized spacial score (nSPS) is 10.3. The summed E-state index contributed by atoms with van der Waals surface area (Å²) in [7, 11) is 0. The molecular formula is C13H22ClN5O. The van der Waals surface area contributed by atoms with Crippen molar-refractivity contribution in [2.75, 3.05) is 43.1 Å². The Labute approximate surface area is 125 Å². The zero-order valence-corrected chi connectivity index (χ0v) is 12.9. The third-order valence-electron chi connectivity index (χ3n) is 2.64. The standard InChI is InChI=1S/C13H22ClN5O/c1-4-7-9-20-10-8-15-12-16-11(14)17-13(18-12)19(5-2)6-3/h4H,1,5-10H2,2-3H3,(H,15,16,17,18). The Bertz CT molecular complexity index is 412. The summed E-state index contributed by atoms with van der Waals surface area (Å²) >= 11 is 5.92. The van der Waals surface area contributed by atoms with Crippen molar-refractivity contribution in [3.8, 4) is 0 Å².